The number of amides is 1. The van der Waals surface area contributed by atoms with Gasteiger partial charge in [0, 0.05) is 16.2 Å². The summed E-state index contributed by atoms with van der Waals surface area (Å²) in [6, 6.07) is 16.2. The number of halogens is 1. The minimum Gasteiger partial charge on any atom is -0.344 e. The quantitative estimate of drug-likeness (QED) is 0.742. The first-order valence-electron chi connectivity index (χ1n) is 8.05. The molecule has 0 bridgehead atoms. The van der Waals surface area contributed by atoms with Gasteiger partial charge >= 0.3 is 0 Å². The highest BCUT2D eigenvalue weighted by molar-refractivity contribution is 7.99. The molecular weight excluding hydrogens is 337 g/mol. The molecule has 0 spiro atoms. The van der Waals surface area contributed by atoms with E-state index >= 15 is 0 Å². The minimum absolute atomic E-state index is 0.192. The topological polar surface area (TPSA) is 57.8 Å². The van der Waals surface area contributed by atoms with Crippen LogP contribution in [0, 0.1) is 5.82 Å². The molecule has 3 aromatic rings. The van der Waals surface area contributed by atoms with E-state index in [1.165, 1.54) is 17.8 Å². The second-order valence-corrected chi connectivity index (χ2v) is 6.96. The van der Waals surface area contributed by atoms with Gasteiger partial charge in [0.15, 0.2) is 0 Å². The maximum atomic E-state index is 13.9. The van der Waals surface area contributed by atoms with Gasteiger partial charge in [0.05, 0.1) is 11.7 Å². The number of nitrogens with zero attached hydrogens (tertiary/aromatic N) is 1. The van der Waals surface area contributed by atoms with Crippen LogP contribution in [0.25, 0.3) is 11.3 Å². The molecule has 1 aromatic heterocycles. The standard InChI is InChI=1S/C19H16FN3OS/c20-14-8-4-7-13-15(9-10-25-18(13)14)21-19(24)17-11-16(22-23-17)12-5-2-1-3-6-12/h1-8,11,15H,9-10H2,(H,21,24)(H,22,23)/t15-/m0/s1. The summed E-state index contributed by atoms with van der Waals surface area (Å²) >= 11 is 1.50. The van der Waals surface area contributed by atoms with E-state index < -0.39 is 0 Å². The Hall–Kier alpha value is -2.60. The van der Waals surface area contributed by atoms with Crippen LogP contribution < -0.4 is 5.32 Å². The van der Waals surface area contributed by atoms with Crippen molar-refractivity contribution in [3.05, 3.63) is 71.7 Å². The first kappa shape index (κ1) is 15.9. The molecule has 0 saturated heterocycles. The van der Waals surface area contributed by atoms with Crippen molar-refractivity contribution in [1.82, 2.24) is 15.5 Å². The van der Waals surface area contributed by atoms with Crippen molar-refractivity contribution in [3.63, 3.8) is 0 Å². The van der Waals surface area contributed by atoms with E-state index in [9.17, 15) is 9.18 Å². The highest BCUT2D eigenvalue weighted by atomic mass is 32.2. The fourth-order valence-corrected chi connectivity index (χ4v) is 4.11. The number of carbonyl (C=O) groups is 1. The number of fused-ring (bicyclic) bond motifs is 1. The van der Waals surface area contributed by atoms with Gasteiger partial charge in [-0.1, -0.05) is 42.5 Å². The van der Waals surface area contributed by atoms with Crippen LogP contribution >= 0.6 is 11.8 Å². The Morgan fingerprint density at radius 3 is 2.88 bits per heavy atom. The number of benzene rings is 2. The molecule has 126 valence electrons. The monoisotopic (exact) mass is 353 g/mol. The van der Waals surface area contributed by atoms with Crippen molar-refractivity contribution in [2.45, 2.75) is 17.4 Å². The van der Waals surface area contributed by atoms with Gasteiger partial charge in [-0.25, -0.2) is 4.39 Å². The van der Waals surface area contributed by atoms with Gasteiger partial charge in [-0.15, -0.1) is 11.8 Å². The van der Waals surface area contributed by atoms with Crippen LogP contribution in [0.4, 0.5) is 4.39 Å². The molecule has 6 heteroatoms. The Kier molecular flexibility index (Phi) is 4.28. The Bertz CT molecular complexity index is 910. The van der Waals surface area contributed by atoms with Gasteiger partial charge in [0.2, 0.25) is 0 Å². The third-order valence-corrected chi connectivity index (χ3v) is 5.38. The van der Waals surface area contributed by atoms with Crippen molar-refractivity contribution >= 4 is 17.7 Å². The van der Waals surface area contributed by atoms with Crippen LogP contribution in [0.3, 0.4) is 0 Å². The SMILES string of the molecule is O=C(N[C@H]1CCSc2c(F)cccc21)c1cc(-c2ccccc2)n[nH]1. The first-order valence-corrected chi connectivity index (χ1v) is 9.04. The lowest BCUT2D eigenvalue weighted by molar-refractivity contribution is 0.0929. The van der Waals surface area contributed by atoms with Gasteiger partial charge in [-0.3, -0.25) is 9.89 Å². The average molecular weight is 353 g/mol. The molecule has 1 aliphatic rings. The van der Waals surface area contributed by atoms with E-state index in [1.807, 2.05) is 36.4 Å². The average Bonchev–Trinajstić information content (AvgIpc) is 3.14. The van der Waals surface area contributed by atoms with Gasteiger partial charge in [0.25, 0.3) is 5.91 Å². The first-order chi connectivity index (χ1) is 12.2. The van der Waals surface area contributed by atoms with Crippen LogP contribution in [-0.4, -0.2) is 21.9 Å². The smallest absolute Gasteiger partial charge is 0.269 e. The van der Waals surface area contributed by atoms with E-state index in [4.69, 9.17) is 0 Å². The normalized spacial score (nSPS) is 16.3. The van der Waals surface area contributed by atoms with Gasteiger partial charge in [-0.2, -0.15) is 5.10 Å². The Labute approximate surface area is 148 Å². The summed E-state index contributed by atoms with van der Waals surface area (Å²) in [6.07, 6.45) is 0.770. The van der Waals surface area contributed by atoms with Crippen molar-refractivity contribution in [2.75, 3.05) is 5.75 Å². The molecule has 4 nitrogen and oxygen atoms in total. The summed E-state index contributed by atoms with van der Waals surface area (Å²) in [5, 5.41) is 9.99. The highest BCUT2D eigenvalue weighted by Gasteiger charge is 2.25. The summed E-state index contributed by atoms with van der Waals surface area (Å²) in [6.45, 7) is 0. The largest absolute Gasteiger partial charge is 0.344 e. The number of carbonyl (C=O) groups excluding carboxylic acids is 1. The molecule has 2 aromatic carbocycles. The fourth-order valence-electron chi connectivity index (χ4n) is 2.97. The third-order valence-electron chi connectivity index (χ3n) is 4.22. The zero-order valence-electron chi connectivity index (χ0n) is 13.3. The lowest BCUT2D eigenvalue weighted by Crippen LogP contribution is -2.31. The number of thioether (sulfide) groups is 1. The molecule has 2 N–H and O–H groups in total. The molecule has 1 aliphatic heterocycles. The van der Waals surface area contributed by atoms with Crippen LogP contribution in [0.2, 0.25) is 0 Å². The highest BCUT2D eigenvalue weighted by Crippen LogP contribution is 2.37. The predicted molar refractivity (Wildman–Crippen MR) is 96.0 cm³/mol. The molecule has 0 fully saturated rings. The van der Waals surface area contributed by atoms with Crippen LogP contribution in [0.15, 0.2) is 59.5 Å². The second-order valence-electron chi connectivity index (χ2n) is 5.85. The van der Waals surface area contributed by atoms with Crippen LogP contribution in [0.5, 0.6) is 0 Å². The lowest BCUT2D eigenvalue weighted by atomic mass is 10.0. The Morgan fingerprint density at radius 2 is 2.04 bits per heavy atom. The van der Waals surface area contributed by atoms with E-state index in [0.29, 0.717) is 10.6 Å². The number of hydrogen-bond donors (Lipinski definition) is 2. The molecule has 1 atom stereocenters. The van der Waals surface area contributed by atoms with E-state index in [0.717, 1.165) is 29.0 Å². The molecular formula is C19H16FN3OS. The van der Waals surface area contributed by atoms with E-state index in [1.54, 1.807) is 12.1 Å². The molecule has 0 saturated carbocycles. The van der Waals surface area contributed by atoms with Crippen molar-refractivity contribution in [1.29, 1.82) is 0 Å². The molecule has 0 radical (unpaired) electrons. The molecule has 0 aliphatic carbocycles. The van der Waals surface area contributed by atoms with Gasteiger partial charge < -0.3 is 5.32 Å². The number of aromatic nitrogens is 2. The number of aromatic amines is 1. The van der Waals surface area contributed by atoms with E-state index in [2.05, 4.69) is 15.5 Å². The molecule has 0 unspecified atom stereocenters. The minimum atomic E-state index is -0.234. The molecule has 1 amide bonds. The van der Waals surface area contributed by atoms with Gasteiger partial charge in [-0.05, 0) is 24.1 Å². The summed E-state index contributed by atoms with van der Waals surface area (Å²) in [7, 11) is 0. The summed E-state index contributed by atoms with van der Waals surface area (Å²) in [5.41, 5.74) is 2.90. The zero-order chi connectivity index (χ0) is 17.2. The van der Waals surface area contributed by atoms with Crippen molar-refractivity contribution in [2.24, 2.45) is 0 Å². The number of H-pyrrole nitrogens is 1. The Balaban J connectivity index is 1.54. The van der Waals surface area contributed by atoms with Crippen molar-refractivity contribution < 1.29 is 9.18 Å². The van der Waals surface area contributed by atoms with E-state index in [-0.39, 0.29) is 17.8 Å². The maximum absolute atomic E-state index is 13.9. The number of rotatable bonds is 3. The number of nitrogens with one attached hydrogen (secondary N) is 2. The zero-order valence-corrected chi connectivity index (χ0v) is 14.1. The maximum Gasteiger partial charge on any atom is 0.269 e. The molecule has 2 heterocycles. The van der Waals surface area contributed by atoms with Crippen LogP contribution in [0.1, 0.15) is 28.5 Å². The van der Waals surface area contributed by atoms with Crippen LogP contribution in [-0.2, 0) is 0 Å². The summed E-state index contributed by atoms with van der Waals surface area (Å²) < 4.78 is 13.9. The summed E-state index contributed by atoms with van der Waals surface area (Å²) in [5.74, 6) is 0.313. The molecule has 25 heavy (non-hydrogen) atoms. The number of hydrogen-bond acceptors (Lipinski definition) is 3. The van der Waals surface area contributed by atoms with Gasteiger partial charge in [0.1, 0.15) is 11.5 Å². The fraction of sp³-hybridized carbons (Fsp3) is 0.158. The molecule has 4 rings (SSSR count). The second kappa shape index (κ2) is 6.72. The third kappa shape index (κ3) is 3.17. The summed E-state index contributed by atoms with van der Waals surface area (Å²) in [4.78, 5) is 13.2. The Morgan fingerprint density at radius 1 is 1.20 bits per heavy atom. The lowest BCUT2D eigenvalue weighted by Gasteiger charge is -2.25. The van der Waals surface area contributed by atoms with Crippen molar-refractivity contribution in [3.8, 4) is 11.3 Å². The predicted octanol–water partition coefficient (Wildman–Crippen LogP) is 4.18.